The molecule has 0 bridgehead atoms. The van der Waals surface area contributed by atoms with Crippen LogP contribution in [0.5, 0.6) is 5.75 Å². The van der Waals surface area contributed by atoms with Crippen molar-refractivity contribution in [2.75, 3.05) is 14.2 Å². The lowest BCUT2D eigenvalue weighted by Gasteiger charge is -2.16. The smallest absolute Gasteiger partial charge is 0.419 e. The van der Waals surface area contributed by atoms with Gasteiger partial charge >= 0.3 is 5.76 Å². The first-order valence-corrected chi connectivity index (χ1v) is 12.2. The van der Waals surface area contributed by atoms with Gasteiger partial charge in [-0.25, -0.2) is 4.79 Å². The summed E-state index contributed by atoms with van der Waals surface area (Å²) in [6, 6.07) is 7.95. The topological polar surface area (TPSA) is 105 Å². The van der Waals surface area contributed by atoms with Gasteiger partial charge in [-0.15, -0.1) is 10.2 Å². The van der Waals surface area contributed by atoms with E-state index >= 15 is 0 Å². The Morgan fingerprint density at radius 1 is 1.08 bits per heavy atom. The van der Waals surface area contributed by atoms with Crippen molar-refractivity contribution in [3.8, 4) is 5.75 Å². The first kappa shape index (κ1) is 26.2. The maximum absolute atomic E-state index is 12.2. The van der Waals surface area contributed by atoms with Gasteiger partial charge in [-0.1, -0.05) is 22.8 Å². The van der Waals surface area contributed by atoms with Crippen molar-refractivity contribution < 1.29 is 18.4 Å². The van der Waals surface area contributed by atoms with Gasteiger partial charge in [0.1, 0.15) is 12.9 Å². The number of ether oxygens (including phenoxy) is 1. The van der Waals surface area contributed by atoms with Crippen molar-refractivity contribution in [3.63, 3.8) is 0 Å². The van der Waals surface area contributed by atoms with Crippen LogP contribution in [0, 0.1) is 20.8 Å². The number of aromatic nitrogens is 3. The molecule has 37 heavy (non-hydrogen) atoms. The monoisotopic (exact) mass is 524 g/mol. The van der Waals surface area contributed by atoms with E-state index in [1.165, 1.54) is 11.7 Å². The highest BCUT2D eigenvalue weighted by molar-refractivity contribution is 6.69. The lowest BCUT2D eigenvalue weighted by molar-refractivity contribution is 0.214. The van der Waals surface area contributed by atoms with E-state index in [2.05, 4.69) is 21.4 Å². The Kier molecular flexibility index (Phi) is 7.83. The fraction of sp³-hybridized carbons (Fsp3) is 0.333. The molecule has 10 heteroatoms. The average Bonchev–Trinajstić information content (AvgIpc) is 3.41. The SMILES string of the molecule is CON=C(Cl)c1cc(/C(=C\CCCc2nnc(C)o2)c2cc(C)c3oc(=O)n(C)c3c2)cc(C)c1OC. The van der Waals surface area contributed by atoms with Crippen LogP contribution in [-0.2, 0) is 18.3 Å². The number of allylic oxidation sites excluding steroid dienone is 1. The van der Waals surface area contributed by atoms with Crippen molar-refractivity contribution >= 4 is 33.4 Å². The van der Waals surface area contributed by atoms with E-state index in [0.717, 1.165) is 46.2 Å². The second-order valence-corrected chi connectivity index (χ2v) is 9.09. The molecule has 0 spiro atoms. The van der Waals surface area contributed by atoms with Crippen molar-refractivity contribution in [3.05, 3.63) is 80.5 Å². The molecule has 0 saturated heterocycles. The Hall–Kier alpha value is -3.85. The second-order valence-electron chi connectivity index (χ2n) is 8.73. The predicted molar refractivity (Wildman–Crippen MR) is 142 cm³/mol. The number of aryl methyl sites for hydroxylation is 5. The number of methoxy groups -OCH3 is 1. The predicted octanol–water partition coefficient (Wildman–Crippen LogP) is 5.45. The van der Waals surface area contributed by atoms with Gasteiger partial charge in [-0.2, -0.15) is 0 Å². The summed E-state index contributed by atoms with van der Waals surface area (Å²) in [5.41, 5.74) is 6.47. The molecule has 4 rings (SSSR count). The third-order valence-electron chi connectivity index (χ3n) is 6.09. The van der Waals surface area contributed by atoms with Gasteiger partial charge < -0.3 is 18.4 Å². The van der Waals surface area contributed by atoms with E-state index in [0.29, 0.717) is 35.1 Å². The number of fused-ring (bicyclic) bond motifs is 1. The number of benzene rings is 2. The summed E-state index contributed by atoms with van der Waals surface area (Å²) < 4.78 is 18.1. The van der Waals surface area contributed by atoms with Crippen LogP contribution in [0.4, 0.5) is 0 Å². The maximum Gasteiger partial charge on any atom is 0.419 e. The number of rotatable bonds is 9. The van der Waals surface area contributed by atoms with Gasteiger partial charge in [0.25, 0.3) is 0 Å². The molecule has 0 atom stereocenters. The highest BCUT2D eigenvalue weighted by Crippen LogP contribution is 2.34. The van der Waals surface area contributed by atoms with Crippen molar-refractivity contribution in [2.24, 2.45) is 12.2 Å². The van der Waals surface area contributed by atoms with E-state index < -0.39 is 5.76 Å². The first-order valence-electron chi connectivity index (χ1n) is 11.8. The molecule has 0 amide bonds. The van der Waals surface area contributed by atoms with Gasteiger partial charge in [0.15, 0.2) is 10.8 Å². The summed E-state index contributed by atoms with van der Waals surface area (Å²) in [7, 11) is 4.73. The number of nitrogens with zero attached hydrogens (tertiary/aromatic N) is 4. The first-order chi connectivity index (χ1) is 17.7. The summed E-state index contributed by atoms with van der Waals surface area (Å²) in [4.78, 5) is 17.1. The normalized spacial score (nSPS) is 12.4. The highest BCUT2D eigenvalue weighted by Gasteiger charge is 2.18. The summed E-state index contributed by atoms with van der Waals surface area (Å²) >= 11 is 6.46. The van der Waals surface area contributed by atoms with E-state index in [9.17, 15) is 4.79 Å². The third kappa shape index (κ3) is 5.46. The van der Waals surface area contributed by atoms with Crippen LogP contribution >= 0.6 is 11.6 Å². The molecule has 0 saturated carbocycles. The molecular formula is C27H29ClN4O5. The van der Waals surface area contributed by atoms with Gasteiger partial charge in [0.05, 0.1) is 18.2 Å². The molecule has 2 aromatic carbocycles. The van der Waals surface area contributed by atoms with E-state index in [4.69, 9.17) is 30.0 Å². The molecule has 2 aromatic heterocycles. The van der Waals surface area contributed by atoms with Crippen LogP contribution in [0.3, 0.4) is 0 Å². The zero-order valence-electron chi connectivity index (χ0n) is 21.7. The Morgan fingerprint density at radius 2 is 1.81 bits per heavy atom. The zero-order valence-corrected chi connectivity index (χ0v) is 22.5. The molecule has 0 aliphatic carbocycles. The molecule has 0 radical (unpaired) electrons. The molecule has 0 aliphatic heterocycles. The highest BCUT2D eigenvalue weighted by atomic mass is 35.5. The van der Waals surface area contributed by atoms with Crippen molar-refractivity contribution in [1.82, 2.24) is 14.8 Å². The van der Waals surface area contributed by atoms with Crippen LogP contribution in [0.25, 0.3) is 16.7 Å². The summed E-state index contributed by atoms with van der Waals surface area (Å²) in [6.07, 6.45) is 4.38. The van der Waals surface area contributed by atoms with Crippen molar-refractivity contribution in [2.45, 2.75) is 40.0 Å². The summed E-state index contributed by atoms with van der Waals surface area (Å²) in [5, 5.41) is 12.1. The minimum Gasteiger partial charge on any atom is -0.496 e. The number of hydrogen-bond donors (Lipinski definition) is 0. The van der Waals surface area contributed by atoms with Crippen LogP contribution < -0.4 is 10.5 Å². The molecular weight excluding hydrogens is 496 g/mol. The molecule has 2 heterocycles. The van der Waals surface area contributed by atoms with Gasteiger partial charge in [-0.05, 0) is 78.8 Å². The van der Waals surface area contributed by atoms with E-state index in [1.807, 2.05) is 38.1 Å². The number of unbranched alkanes of at least 4 members (excludes halogenated alkanes) is 1. The minimum absolute atomic E-state index is 0.180. The van der Waals surface area contributed by atoms with Crippen molar-refractivity contribution in [1.29, 1.82) is 0 Å². The standard InChI is InChI=1S/C27H29ClN4O5/c1-15-11-18(13-21(24(15)34-5)26(28)31-35-6)20(9-7-8-10-23-30-29-17(3)36-23)19-12-16(2)25-22(14-19)32(4)27(33)37-25/h9,11-14H,7-8,10H2,1-6H3/b20-9+,31-26?. The fourth-order valence-corrected chi connectivity index (χ4v) is 4.58. The minimum atomic E-state index is -0.402. The molecule has 194 valence electrons. The van der Waals surface area contributed by atoms with E-state index in [1.54, 1.807) is 21.1 Å². The lowest BCUT2D eigenvalue weighted by atomic mass is 9.92. The van der Waals surface area contributed by atoms with Gasteiger partial charge in [0.2, 0.25) is 11.8 Å². The zero-order chi connectivity index (χ0) is 26.7. The molecule has 0 aliphatic rings. The van der Waals surface area contributed by atoms with E-state index in [-0.39, 0.29) is 5.17 Å². The molecule has 0 unspecified atom stereocenters. The number of halogens is 1. The average molecular weight is 525 g/mol. The van der Waals surface area contributed by atoms with Crippen LogP contribution in [-0.4, -0.2) is 34.2 Å². The quantitative estimate of drug-likeness (QED) is 0.163. The van der Waals surface area contributed by atoms with Gasteiger partial charge in [0, 0.05) is 20.4 Å². The summed E-state index contributed by atoms with van der Waals surface area (Å²) in [5.74, 6) is 1.38. The molecule has 0 N–H and O–H groups in total. The lowest BCUT2D eigenvalue weighted by Crippen LogP contribution is -2.08. The second kappa shape index (κ2) is 11.0. The molecule has 4 aromatic rings. The number of oxazole rings is 1. The summed E-state index contributed by atoms with van der Waals surface area (Å²) in [6.45, 7) is 5.65. The Balaban J connectivity index is 1.83. The van der Waals surface area contributed by atoms with Crippen LogP contribution in [0.2, 0.25) is 0 Å². The van der Waals surface area contributed by atoms with Crippen LogP contribution in [0.1, 0.15) is 52.4 Å². The largest absolute Gasteiger partial charge is 0.496 e. The maximum atomic E-state index is 12.2. The molecule has 9 nitrogen and oxygen atoms in total. The Morgan fingerprint density at radius 3 is 2.49 bits per heavy atom. The Labute approximate surface area is 219 Å². The number of hydrogen-bond acceptors (Lipinski definition) is 8. The Bertz CT molecular complexity index is 1560. The number of oxime groups is 1. The van der Waals surface area contributed by atoms with Crippen LogP contribution in [0.15, 0.2) is 49.1 Å². The molecule has 0 fully saturated rings. The third-order valence-corrected chi connectivity index (χ3v) is 6.36. The fourth-order valence-electron chi connectivity index (χ4n) is 4.37. The van der Waals surface area contributed by atoms with Gasteiger partial charge in [-0.3, -0.25) is 4.57 Å².